The van der Waals surface area contributed by atoms with Crippen molar-refractivity contribution < 1.29 is 0 Å². The zero-order valence-corrected chi connectivity index (χ0v) is 7.67. The van der Waals surface area contributed by atoms with E-state index in [1.165, 1.54) is 18.6 Å². The average Bonchev–Trinajstić information content (AvgIpc) is 2.47. The first-order chi connectivity index (χ1) is 5.74. The summed E-state index contributed by atoms with van der Waals surface area (Å²) in [6.07, 6.45) is 3.57. The van der Waals surface area contributed by atoms with E-state index in [1.807, 2.05) is 0 Å². The van der Waals surface area contributed by atoms with Crippen molar-refractivity contribution in [3.8, 4) is 0 Å². The first-order valence-electron chi connectivity index (χ1n) is 4.28. The molecular formula is C8H16N4. The fraction of sp³-hybridized carbons (Fsp3) is 0.750. The molecule has 0 spiro atoms. The molecule has 1 fully saturated rings. The first-order valence-corrected chi connectivity index (χ1v) is 4.28. The number of hydrogen-bond donors (Lipinski definition) is 2. The lowest BCUT2D eigenvalue weighted by Crippen LogP contribution is -2.28. The molecule has 0 heterocycles. The highest BCUT2D eigenvalue weighted by atomic mass is 15.4. The Morgan fingerprint density at radius 1 is 1.67 bits per heavy atom. The molecule has 0 aliphatic heterocycles. The third kappa shape index (κ3) is 2.22. The van der Waals surface area contributed by atoms with Crippen molar-refractivity contribution in [2.45, 2.75) is 26.2 Å². The summed E-state index contributed by atoms with van der Waals surface area (Å²) in [5, 5.41) is 4.19. The highest BCUT2D eigenvalue weighted by molar-refractivity contribution is 5.89. The van der Waals surface area contributed by atoms with E-state index in [4.69, 9.17) is 5.73 Å². The number of hydrogen-bond acceptors (Lipinski definition) is 2. The fourth-order valence-corrected chi connectivity index (χ4v) is 1.35. The molecule has 0 amide bonds. The van der Waals surface area contributed by atoms with Gasteiger partial charge in [-0.1, -0.05) is 6.92 Å². The lowest BCUT2D eigenvalue weighted by atomic mass is 10.1. The van der Waals surface area contributed by atoms with Crippen LogP contribution in [0.3, 0.4) is 0 Å². The van der Waals surface area contributed by atoms with Crippen molar-refractivity contribution in [2.75, 3.05) is 7.05 Å². The van der Waals surface area contributed by atoms with Crippen molar-refractivity contribution in [3.05, 3.63) is 0 Å². The van der Waals surface area contributed by atoms with Crippen molar-refractivity contribution in [1.29, 1.82) is 0 Å². The number of hydrazone groups is 1. The molecule has 1 atom stereocenters. The predicted molar refractivity (Wildman–Crippen MR) is 51.1 cm³/mol. The molecule has 0 aromatic rings. The standard InChI is InChI=1S/C8H16N4/c1-6-4-3-5-7(6)11-12-8(9)10-2/h6H,3-5H2,1-2H3,(H3,9,10,12)/b11-7-. The molecule has 12 heavy (non-hydrogen) atoms. The summed E-state index contributed by atoms with van der Waals surface area (Å²) in [5.41, 5.74) is 9.36. The zero-order chi connectivity index (χ0) is 8.97. The molecule has 1 rings (SSSR count). The van der Waals surface area contributed by atoms with Crippen molar-refractivity contribution in [1.82, 2.24) is 5.43 Å². The first kappa shape index (κ1) is 9.03. The van der Waals surface area contributed by atoms with Crippen LogP contribution < -0.4 is 11.2 Å². The average molecular weight is 168 g/mol. The number of nitrogens with two attached hydrogens (primary N) is 1. The minimum atomic E-state index is 0.376. The van der Waals surface area contributed by atoms with Gasteiger partial charge in [-0.15, -0.1) is 0 Å². The lowest BCUT2D eigenvalue weighted by Gasteiger charge is -2.03. The number of nitrogens with one attached hydrogen (secondary N) is 1. The van der Waals surface area contributed by atoms with Gasteiger partial charge in [0.2, 0.25) is 5.96 Å². The minimum Gasteiger partial charge on any atom is -0.369 e. The molecule has 1 aliphatic carbocycles. The molecule has 0 saturated heterocycles. The molecule has 0 aromatic carbocycles. The van der Waals surface area contributed by atoms with Gasteiger partial charge in [-0.3, -0.25) is 4.99 Å². The number of guanidine groups is 1. The summed E-state index contributed by atoms with van der Waals surface area (Å²) >= 11 is 0. The maximum atomic E-state index is 5.43. The largest absolute Gasteiger partial charge is 0.369 e. The van der Waals surface area contributed by atoms with Gasteiger partial charge in [0.1, 0.15) is 0 Å². The van der Waals surface area contributed by atoms with Crippen LogP contribution in [0.4, 0.5) is 0 Å². The molecule has 1 saturated carbocycles. The number of rotatable bonds is 1. The van der Waals surface area contributed by atoms with Crippen LogP contribution in [0, 0.1) is 5.92 Å². The van der Waals surface area contributed by atoms with Crippen LogP contribution in [-0.2, 0) is 0 Å². The van der Waals surface area contributed by atoms with Crippen LogP contribution in [0.25, 0.3) is 0 Å². The maximum Gasteiger partial charge on any atom is 0.209 e. The topological polar surface area (TPSA) is 62.8 Å². The predicted octanol–water partition coefficient (Wildman–Crippen LogP) is 0.696. The third-order valence-electron chi connectivity index (χ3n) is 2.19. The highest BCUT2D eigenvalue weighted by Gasteiger charge is 2.17. The molecule has 1 aliphatic rings. The molecule has 4 heteroatoms. The summed E-state index contributed by atoms with van der Waals surface area (Å²) in [6.45, 7) is 2.19. The maximum absolute atomic E-state index is 5.43. The van der Waals surface area contributed by atoms with Crippen molar-refractivity contribution in [2.24, 2.45) is 21.7 Å². The molecule has 0 aromatic heterocycles. The smallest absolute Gasteiger partial charge is 0.209 e. The Balaban J connectivity index is 2.46. The third-order valence-corrected chi connectivity index (χ3v) is 2.19. The van der Waals surface area contributed by atoms with E-state index in [0.29, 0.717) is 11.9 Å². The summed E-state index contributed by atoms with van der Waals surface area (Å²) in [4.78, 5) is 3.75. The van der Waals surface area contributed by atoms with E-state index >= 15 is 0 Å². The fourth-order valence-electron chi connectivity index (χ4n) is 1.35. The Morgan fingerprint density at radius 3 is 2.92 bits per heavy atom. The van der Waals surface area contributed by atoms with E-state index in [2.05, 4.69) is 22.4 Å². The normalized spacial score (nSPS) is 28.0. The summed E-state index contributed by atoms with van der Waals surface area (Å²) in [5.74, 6) is 0.976. The molecule has 3 N–H and O–H groups in total. The molecular weight excluding hydrogens is 152 g/mol. The van der Waals surface area contributed by atoms with Gasteiger partial charge in [-0.25, -0.2) is 5.43 Å². The zero-order valence-electron chi connectivity index (χ0n) is 7.67. The Hall–Kier alpha value is -1.06. The molecule has 0 bridgehead atoms. The van der Waals surface area contributed by atoms with Crippen LogP contribution in [-0.4, -0.2) is 18.7 Å². The second-order valence-corrected chi connectivity index (χ2v) is 3.12. The number of aliphatic imine (C=N–C) groups is 1. The van der Waals surface area contributed by atoms with Crippen LogP contribution in [0.2, 0.25) is 0 Å². The summed E-state index contributed by atoms with van der Waals surface area (Å²) in [7, 11) is 1.64. The Morgan fingerprint density at radius 2 is 2.42 bits per heavy atom. The minimum absolute atomic E-state index is 0.376. The summed E-state index contributed by atoms with van der Waals surface area (Å²) in [6, 6.07) is 0. The van der Waals surface area contributed by atoms with Crippen molar-refractivity contribution in [3.63, 3.8) is 0 Å². The Bertz CT molecular complexity index is 207. The van der Waals surface area contributed by atoms with Gasteiger partial charge in [0.15, 0.2) is 0 Å². The van der Waals surface area contributed by atoms with Crippen LogP contribution in [0.1, 0.15) is 26.2 Å². The van der Waals surface area contributed by atoms with E-state index in [1.54, 1.807) is 7.05 Å². The molecule has 1 unspecified atom stereocenters. The van der Waals surface area contributed by atoms with Crippen LogP contribution in [0.5, 0.6) is 0 Å². The van der Waals surface area contributed by atoms with Crippen molar-refractivity contribution >= 4 is 11.7 Å². The van der Waals surface area contributed by atoms with Gasteiger partial charge in [-0.05, 0) is 25.2 Å². The van der Waals surface area contributed by atoms with Crippen LogP contribution in [0.15, 0.2) is 10.1 Å². The van der Waals surface area contributed by atoms with Gasteiger partial charge in [0, 0.05) is 12.8 Å². The molecule has 4 nitrogen and oxygen atoms in total. The molecule has 0 radical (unpaired) electrons. The second kappa shape index (κ2) is 4.09. The number of nitrogens with zero attached hydrogens (tertiary/aromatic N) is 2. The van der Waals surface area contributed by atoms with Gasteiger partial charge in [-0.2, -0.15) is 5.10 Å². The van der Waals surface area contributed by atoms with E-state index in [0.717, 1.165) is 6.42 Å². The van der Waals surface area contributed by atoms with Crippen LogP contribution >= 0.6 is 0 Å². The van der Waals surface area contributed by atoms with E-state index in [9.17, 15) is 0 Å². The highest BCUT2D eigenvalue weighted by Crippen LogP contribution is 2.21. The molecule has 68 valence electrons. The van der Waals surface area contributed by atoms with Gasteiger partial charge in [0.25, 0.3) is 0 Å². The second-order valence-electron chi connectivity index (χ2n) is 3.12. The van der Waals surface area contributed by atoms with Gasteiger partial charge >= 0.3 is 0 Å². The SMILES string of the molecule is CN=C(N)N/N=C1/CCCC1C. The van der Waals surface area contributed by atoms with E-state index in [-0.39, 0.29) is 0 Å². The summed E-state index contributed by atoms with van der Waals surface area (Å²) < 4.78 is 0. The van der Waals surface area contributed by atoms with Gasteiger partial charge < -0.3 is 5.73 Å². The van der Waals surface area contributed by atoms with E-state index < -0.39 is 0 Å². The monoisotopic (exact) mass is 168 g/mol. The van der Waals surface area contributed by atoms with Gasteiger partial charge in [0.05, 0.1) is 0 Å². The quantitative estimate of drug-likeness (QED) is 0.344. The Kier molecular flexibility index (Phi) is 3.08. The Labute approximate surface area is 72.9 Å². The lowest BCUT2D eigenvalue weighted by molar-refractivity contribution is 0.725.